The fourth-order valence-electron chi connectivity index (χ4n) is 4.69. The van der Waals surface area contributed by atoms with Crippen LogP contribution in [-0.2, 0) is 19.2 Å². The van der Waals surface area contributed by atoms with Crippen LogP contribution in [0.2, 0.25) is 0 Å². The second-order valence-corrected chi connectivity index (χ2v) is 13.4. The van der Waals surface area contributed by atoms with E-state index in [1.807, 2.05) is 0 Å². The number of hydrogen-bond donors (Lipinski definition) is 1. The number of carbonyl (C=O) groups excluding carboxylic acids is 8. The van der Waals surface area contributed by atoms with Crippen molar-refractivity contribution in [3.63, 3.8) is 0 Å². The summed E-state index contributed by atoms with van der Waals surface area (Å²) in [5.41, 5.74) is 0.426. The van der Waals surface area contributed by atoms with Crippen molar-refractivity contribution >= 4 is 46.3 Å². The molecule has 4 aromatic carbocycles. The third-order valence-electron chi connectivity index (χ3n) is 8.14. The molecule has 1 aliphatic rings. The van der Waals surface area contributed by atoms with E-state index in [-0.39, 0.29) is 71.6 Å². The van der Waals surface area contributed by atoms with Crippen molar-refractivity contribution in [1.82, 2.24) is 5.32 Å². The van der Waals surface area contributed by atoms with E-state index < -0.39 is 96.7 Å². The zero-order valence-corrected chi connectivity index (χ0v) is 37.0. The third-order valence-corrected chi connectivity index (χ3v) is 8.14. The number of halogens is 12. The number of Topliss-reactive ketones (excluding diaryl/α,β-unsaturated/α-hetero) is 8. The van der Waals surface area contributed by atoms with Crippen LogP contribution >= 0.6 is 0 Å². The summed E-state index contributed by atoms with van der Waals surface area (Å²) in [6.45, 7) is 2.50. The van der Waals surface area contributed by atoms with Gasteiger partial charge < -0.3 is 5.32 Å². The van der Waals surface area contributed by atoms with Crippen LogP contribution in [-0.4, -0.2) is 84.1 Å². The second kappa shape index (κ2) is 30.4. The summed E-state index contributed by atoms with van der Waals surface area (Å²) in [6, 6.07) is 29.6. The Morgan fingerprint density at radius 3 is 0.627 bits per heavy atom. The van der Waals surface area contributed by atoms with Gasteiger partial charge in [-0.25, -0.2) is 0 Å². The van der Waals surface area contributed by atoms with Crippen LogP contribution in [0.3, 0.4) is 0 Å². The van der Waals surface area contributed by atoms with Crippen molar-refractivity contribution in [2.75, 3.05) is 13.1 Å². The maximum Gasteiger partial charge on any atom is 3.00 e. The number of nitrogens with one attached hydrogen (secondary N) is 1. The minimum atomic E-state index is -4.94. The minimum absolute atomic E-state index is 0. The van der Waals surface area contributed by atoms with Crippen molar-refractivity contribution in [3.8, 4) is 0 Å². The van der Waals surface area contributed by atoms with Gasteiger partial charge in [-0.15, -0.1) is 0 Å². The minimum Gasteiger partial charge on any atom is -0.317 e. The van der Waals surface area contributed by atoms with Gasteiger partial charge in [-0.2, -0.15) is 52.7 Å². The molecule has 1 fully saturated rings. The molecule has 0 bridgehead atoms. The van der Waals surface area contributed by atoms with Crippen molar-refractivity contribution in [2.24, 2.45) is 0 Å². The zero-order valence-electron chi connectivity index (χ0n) is 34.6. The Balaban J connectivity index is 0.000000826. The number of ketones is 8. The van der Waals surface area contributed by atoms with Gasteiger partial charge in [-0.3, -0.25) is 38.4 Å². The van der Waals surface area contributed by atoms with E-state index in [4.69, 9.17) is 0 Å². The van der Waals surface area contributed by atoms with Crippen LogP contribution in [0, 0.1) is 49.4 Å². The molecule has 0 aliphatic carbocycles. The maximum atomic E-state index is 11.8. The summed E-state index contributed by atoms with van der Waals surface area (Å²) in [5.74, 6) is -11.4. The molecule has 9 nitrogen and oxygen atoms in total. The number of hydrogen-bond acceptors (Lipinski definition) is 9. The van der Waals surface area contributed by atoms with E-state index in [9.17, 15) is 91.0 Å². The Bertz CT molecular complexity index is 1880. The van der Waals surface area contributed by atoms with Gasteiger partial charge in [0.25, 0.3) is 0 Å². The summed E-state index contributed by atoms with van der Waals surface area (Å²) in [4.78, 5) is 86.7. The van der Waals surface area contributed by atoms with Gasteiger partial charge in [0.2, 0.25) is 23.1 Å². The molecule has 22 heteroatoms. The monoisotopic (exact) mass is 1100 g/mol. The van der Waals surface area contributed by atoms with Crippen LogP contribution < -0.4 is 5.32 Å². The van der Waals surface area contributed by atoms with Crippen LogP contribution in [0.25, 0.3) is 0 Å². The van der Waals surface area contributed by atoms with E-state index in [1.165, 1.54) is 129 Å². The first kappa shape index (κ1) is 61.9. The molecule has 0 saturated carbocycles. The van der Waals surface area contributed by atoms with Crippen molar-refractivity contribution in [1.29, 1.82) is 0 Å². The summed E-state index contributed by atoms with van der Waals surface area (Å²) in [6.07, 6.45) is -20.1. The number of benzene rings is 4. The van der Waals surface area contributed by atoms with E-state index in [0.717, 1.165) is 0 Å². The number of carbonyl (C=O) groups is 8. The largest absolute Gasteiger partial charge is 3.00 e. The van der Waals surface area contributed by atoms with Gasteiger partial charge >= 0.3 is 74.1 Å². The van der Waals surface area contributed by atoms with Gasteiger partial charge in [0.05, 0.1) is 25.7 Å². The standard InChI is InChI=1S/4C10H7F3O2.C5H11N.Eu/c4*11-10(12,13)9(15)6-8(14)7-4-2-1-3-5-7;1-2-4-6-5-3-1;/h4*1-5H,6H2;6H,1-5H2;/q;;;;;+3. The maximum absolute atomic E-state index is 11.8. The first-order valence-corrected chi connectivity index (χ1v) is 19.1. The second-order valence-electron chi connectivity index (χ2n) is 13.4. The average molecular weight is 1100 g/mol. The molecule has 4 aromatic rings. The van der Waals surface area contributed by atoms with E-state index in [1.54, 1.807) is 24.3 Å². The first-order valence-electron chi connectivity index (χ1n) is 19.1. The topological polar surface area (TPSA) is 149 Å². The van der Waals surface area contributed by atoms with E-state index >= 15 is 0 Å². The van der Waals surface area contributed by atoms with Crippen LogP contribution in [0.4, 0.5) is 52.7 Å². The zero-order chi connectivity index (χ0) is 50.1. The van der Waals surface area contributed by atoms with Gasteiger partial charge in [0, 0.05) is 22.3 Å². The Labute approximate surface area is 415 Å². The molecule has 1 heterocycles. The predicted molar refractivity (Wildman–Crippen MR) is 213 cm³/mol. The molecule has 5 rings (SSSR count). The molecule has 67 heavy (non-hydrogen) atoms. The Kier molecular flexibility index (Phi) is 28.1. The van der Waals surface area contributed by atoms with Gasteiger partial charge in [0.15, 0.2) is 23.1 Å². The van der Waals surface area contributed by atoms with Crippen LogP contribution in [0.1, 0.15) is 86.4 Å². The molecule has 1 aliphatic heterocycles. The predicted octanol–water partition coefficient (Wildman–Crippen LogP) is 10.3. The molecule has 0 aromatic heterocycles. The molecule has 0 radical (unpaired) electrons. The summed E-state index contributed by atoms with van der Waals surface area (Å²) in [7, 11) is 0. The molecule has 0 atom stereocenters. The smallest absolute Gasteiger partial charge is 0.317 e. The molecule has 0 unspecified atom stereocenters. The number of rotatable bonds is 12. The molecular formula is C45H39EuF12NO8+3. The van der Waals surface area contributed by atoms with Crippen molar-refractivity contribution in [2.45, 2.75) is 69.7 Å². The SMILES string of the molecule is C1CCNCC1.O=C(CC(=O)C(F)(F)F)c1ccccc1.O=C(CC(=O)C(F)(F)F)c1ccccc1.O=C(CC(=O)C(F)(F)F)c1ccccc1.O=C(CC(=O)C(F)(F)F)c1ccccc1.[Eu+3]. The van der Waals surface area contributed by atoms with Gasteiger partial charge in [0.1, 0.15) is 0 Å². The Morgan fingerprint density at radius 1 is 0.328 bits per heavy atom. The number of alkyl halides is 12. The molecule has 1 N–H and O–H groups in total. The first-order chi connectivity index (χ1) is 30.6. The van der Waals surface area contributed by atoms with Crippen LogP contribution in [0.15, 0.2) is 121 Å². The third kappa shape index (κ3) is 26.8. The molecule has 360 valence electrons. The van der Waals surface area contributed by atoms with Crippen LogP contribution in [0.5, 0.6) is 0 Å². The number of piperidine rings is 1. The van der Waals surface area contributed by atoms with Crippen molar-refractivity contribution < 1.29 is 140 Å². The molecule has 0 amide bonds. The van der Waals surface area contributed by atoms with Crippen molar-refractivity contribution in [3.05, 3.63) is 144 Å². The summed E-state index contributed by atoms with van der Waals surface area (Å²) >= 11 is 0. The fraction of sp³-hybridized carbons (Fsp3) is 0.289. The normalized spacial score (nSPS) is 12.1. The summed E-state index contributed by atoms with van der Waals surface area (Å²) in [5, 5.41) is 3.28. The molecular weight excluding hydrogens is 1060 g/mol. The Hall–Kier alpha value is -5.06. The molecule has 1 saturated heterocycles. The quantitative estimate of drug-likeness (QED) is 0.0831. The average Bonchev–Trinajstić information content (AvgIpc) is 3.27. The van der Waals surface area contributed by atoms with E-state index in [2.05, 4.69) is 5.32 Å². The van der Waals surface area contributed by atoms with E-state index in [0.29, 0.717) is 0 Å². The Morgan fingerprint density at radius 2 is 0.507 bits per heavy atom. The molecule has 0 spiro atoms. The van der Waals surface area contributed by atoms with Gasteiger partial charge in [-0.1, -0.05) is 128 Å². The summed E-state index contributed by atoms with van der Waals surface area (Å²) < 4.78 is 142. The van der Waals surface area contributed by atoms with Gasteiger partial charge in [-0.05, 0) is 25.9 Å². The fourth-order valence-corrected chi connectivity index (χ4v) is 4.69.